The van der Waals surface area contributed by atoms with Crippen LogP contribution in [-0.4, -0.2) is 43.3 Å². The average molecular weight is 282 g/mol. The molecule has 2 rings (SSSR count). The highest BCUT2D eigenvalue weighted by Crippen LogP contribution is 2.27. The van der Waals surface area contributed by atoms with Gasteiger partial charge in [0.25, 0.3) is 0 Å². The molecule has 2 unspecified atom stereocenters. The second-order valence-electron chi connectivity index (χ2n) is 5.52. The van der Waals surface area contributed by atoms with E-state index in [9.17, 15) is 0 Å². The Bertz CT molecular complexity index is 391. The molecule has 108 valence electrons. The van der Waals surface area contributed by atoms with Crippen molar-refractivity contribution in [3.63, 3.8) is 0 Å². The van der Waals surface area contributed by atoms with E-state index in [4.69, 9.17) is 4.74 Å². The van der Waals surface area contributed by atoms with Gasteiger partial charge in [-0.2, -0.15) is 0 Å². The fourth-order valence-electron chi connectivity index (χ4n) is 2.68. The summed E-state index contributed by atoms with van der Waals surface area (Å²) < 4.78 is 6.04. The number of morpholine rings is 1. The van der Waals surface area contributed by atoms with Gasteiger partial charge in [-0.25, -0.2) is 0 Å². The molecule has 1 aromatic heterocycles. The van der Waals surface area contributed by atoms with Gasteiger partial charge in [-0.15, -0.1) is 11.3 Å². The first kappa shape index (κ1) is 15.0. The molecule has 1 saturated heterocycles. The van der Waals surface area contributed by atoms with Gasteiger partial charge in [0.1, 0.15) is 0 Å². The molecule has 1 aliphatic heterocycles. The Morgan fingerprint density at radius 3 is 2.89 bits per heavy atom. The zero-order valence-electron chi connectivity index (χ0n) is 12.5. The van der Waals surface area contributed by atoms with Gasteiger partial charge >= 0.3 is 0 Å². The fraction of sp³-hybridized carbons (Fsp3) is 0.733. The summed E-state index contributed by atoms with van der Waals surface area (Å²) in [6, 6.07) is 3.20. The van der Waals surface area contributed by atoms with E-state index in [1.165, 1.54) is 10.4 Å². The van der Waals surface area contributed by atoms with Crippen molar-refractivity contribution in [3.8, 4) is 0 Å². The van der Waals surface area contributed by atoms with Crippen LogP contribution in [0.25, 0.3) is 0 Å². The van der Waals surface area contributed by atoms with Gasteiger partial charge in [0.2, 0.25) is 0 Å². The molecule has 4 heteroatoms. The molecule has 0 spiro atoms. The zero-order chi connectivity index (χ0) is 13.8. The summed E-state index contributed by atoms with van der Waals surface area (Å²) in [5, 5.41) is 5.86. The van der Waals surface area contributed by atoms with E-state index in [1.54, 1.807) is 0 Å². The molecule has 19 heavy (non-hydrogen) atoms. The molecule has 0 bridgehead atoms. The molecule has 1 N–H and O–H groups in total. The highest BCUT2D eigenvalue weighted by atomic mass is 32.1. The van der Waals surface area contributed by atoms with Gasteiger partial charge in [-0.05, 0) is 44.3 Å². The maximum absolute atomic E-state index is 6.04. The Kier molecular flexibility index (Phi) is 5.39. The van der Waals surface area contributed by atoms with Gasteiger partial charge < -0.3 is 10.1 Å². The Morgan fingerprint density at radius 2 is 2.32 bits per heavy atom. The van der Waals surface area contributed by atoms with Crippen molar-refractivity contribution in [1.29, 1.82) is 0 Å². The van der Waals surface area contributed by atoms with Gasteiger partial charge in [0.05, 0.1) is 18.8 Å². The van der Waals surface area contributed by atoms with E-state index in [2.05, 4.69) is 49.4 Å². The van der Waals surface area contributed by atoms with Crippen molar-refractivity contribution >= 4 is 11.3 Å². The van der Waals surface area contributed by atoms with Crippen LogP contribution in [-0.2, 0) is 4.74 Å². The monoisotopic (exact) mass is 282 g/mol. The van der Waals surface area contributed by atoms with E-state index in [-0.39, 0.29) is 6.10 Å². The Labute approximate surface area is 121 Å². The zero-order valence-corrected chi connectivity index (χ0v) is 13.3. The summed E-state index contributed by atoms with van der Waals surface area (Å²) in [5.41, 5.74) is 1.37. The Balaban J connectivity index is 2.10. The Morgan fingerprint density at radius 1 is 1.53 bits per heavy atom. The number of hydrogen-bond acceptors (Lipinski definition) is 4. The second-order valence-corrected chi connectivity index (χ2v) is 6.64. The lowest BCUT2D eigenvalue weighted by molar-refractivity contribution is -0.0558. The number of aryl methyl sites for hydroxylation is 1. The number of likely N-dealkylation sites (N-methyl/N-ethyl adjacent to an activating group) is 1. The lowest BCUT2D eigenvalue weighted by atomic mass is 10.0. The third-order valence-electron chi connectivity index (χ3n) is 3.76. The first-order chi connectivity index (χ1) is 9.11. The number of nitrogens with zero attached hydrogens (tertiary/aromatic N) is 1. The molecule has 1 aliphatic rings. The van der Waals surface area contributed by atoms with Gasteiger partial charge in [0.15, 0.2) is 0 Å². The van der Waals surface area contributed by atoms with Gasteiger partial charge in [-0.3, -0.25) is 4.90 Å². The number of hydrogen-bond donors (Lipinski definition) is 1. The maximum atomic E-state index is 6.04. The van der Waals surface area contributed by atoms with Crippen LogP contribution in [0.2, 0.25) is 0 Å². The summed E-state index contributed by atoms with van der Waals surface area (Å²) in [6.45, 7) is 12.7. The van der Waals surface area contributed by atoms with E-state index < -0.39 is 0 Å². The van der Waals surface area contributed by atoms with Crippen LogP contribution < -0.4 is 5.32 Å². The molecule has 1 fully saturated rings. The molecule has 0 saturated carbocycles. The third-order valence-corrected chi connectivity index (χ3v) is 4.64. The average Bonchev–Trinajstić information content (AvgIpc) is 2.82. The van der Waals surface area contributed by atoms with Crippen molar-refractivity contribution in [2.24, 2.45) is 0 Å². The van der Waals surface area contributed by atoms with E-state index in [1.807, 2.05) is 11.3 Å². The molecule has 1 aromatic rings. The first-order valence-electron chi connectivity index (χ1n) is 7.26. The largest absolute Gasteiger partial charge is 0.374 e. The van der Waals surface area contributed by atoms with Crippen molar-refractivity contribution < 1.29 is 4.74 Å². The third kappa shape index (κ3) is 3.78. The van der Waals surface area contributed by atoms with Crippen LogP contribution in [0.5, 0.6) is 0 Å². The summed E-state index contributed by atoms with van der Waals surface area (Å²) in [5.74, 6) is 0. The summed E-state index contributed by atoms with van der Waals surface area (Å²) in [7, 11) is 0. The number of thiophene rings is 1. The first-order valence-corrected chi connectivity index (χ1v) is 8.13. The number of ether oxygens (including phenoxy) is 1. The van der Waals surface area contributed by atoms with E-state index >= 15 is 0 Å². The second kappa shape index (κ2) is 6.84. The predicted octanol–water partition coefficient (Wildman–Crippen LogP) is 2.82. The standard InChI is InChI=1S/C15H26N2OS/c1-5-16-15(13-8-12(4)19-10-13)14-9-17(11(2)3)6-7-18-14/h8,10-11,14-16H,5-7,9H2,1-4H3. The SMILES string of the molecule is CCNC(c1csc(C)c1)C1CN(C(C)C)CCO1. The highest BCUT2D eigenvalue weighted by molar-refractivity contribution is 7.10. The van der Waals surface area contributed by atoms with Crippen molar-refractivity contribution in [2.75, 3.05) is 26.2 Å². The summed E-state index contributed by atoms with van der Waals surface area (Å²) in [4.78, 5) is 3.88. The van der Waals surface area contributed by atoms with Gasteiger partial charge in [0, 0.05) is 24.0 Å². The van der Waals surface area contributed by atoms with Crippen LogP contribution in [0.3, 0.4) is 0 Å². The van der Waals surface area contributed by atoms with Crippen LogP contribution in [0.1, 0.15) is 37.3 Å². The molecule has 0 radical (unpaired) electrons. The summed E-state index contributed by atoms with van der Waals surface area (Å²) in [6.07, 6.45) is 0.255. The minimum absolute atomic E-state index is 0.255. The molecule has 2 atom stereocenters. The minimum atomic E-state index is 0.255. The Hall–Kier alpha value is -0.420. The molecule has 3 nitrogen and oxygen atoms in total. The van der Waals surface area contributed by atoms with Gasteiger partial charge in [-0.1, -0.05) is 6.92 Å². The normalized spacial score (nSPS) is 22.9. The lowest BCUT2D eigenvalue weighted by Gasteiger charge is -2.39. The molecular formula is C15H26N2OS. The van der Waals surface area contributed by atoms with Crippen molar-refractivity contribution in [1.82, 2.24) is 10.2 Å². The van der Waals surface area contributed by atoms with Crippen molar-refractivity contribution in [2.45, 2.75) is 45.9 Å². The fourth-order valence-corrected chi connectivity index (χ4v) is 3.42. The molecule has 0 aromatic carbocycles. The van der Waals surface area contributed by atoms with Crippen LogP contribution in [0.4, 0.5) is 0 Å². The van der Waals surface area contributed by atoms with E-state index in [0.717, 1.165) is 26.2 Å². The highest BCUT2D eigenvalue weighted by Gasteiger charge is 2.30. The van der Waals surface area contributed by atoms with Crippen LogP contribution >= 0.6 is 11.3 Å². The number of nitrogens with one attached hydrogen (secondary N) is 1. The molecule has 2 heterocycles. The van der Waals surface area contributed by atoms with Crippen LogP contribution in [0, 0.1) is 6.92 Å². The quantitative estimate of drug-likeness (QED) is 0.899. The minimum Gasteiger partial charge on any atom is -0.374 e. The predicted molar refractivity (Wildman–Crippen MR) is 81.9 cm³/mol. The molecular weight excluding hydrogens is 256 g/mol. The smallest absolute Gasteiger partial charge is 0.0897 e. The van der Waals surface area contributed by atoms with Crippen molar-refractivity contribution in [3.05, 3.63) is 21.9 Å². The van der Waals surface area contributed by atoms with Crippen LogP contribution in [0.15, 0.2) is 11.4 Å². The topological polar surface area (TPSA) is 24.5 Å². The summed E-state index contributed by atoms with van der Waals surface area (Å²) >= 11 is 1.82. The van der Waals surface area contributed by atoms with E-state index in [0.29, 0.717) is 12.1 Å². The maximum Gasteiger partial charge on any atom is 0.0897 e. The lowest BCUT2D eigenvalue weighted by Crippen LogP contribution is -2.50. The molecule has 0 amide bonds. The molecule has 0 aliphatic carbocycles. The number of rotatable bonds is 5.